The molecule has 0 aromatic heterocycles. The van der Waals surface area contributed by atoms with Gasteiger partial charge in [-0.05, 0) is 6.92 Å². The molecule has 0 aliphatic heterocycles. The van der Waals surface area contributed by atoms with Crippen LogP contribution in [0.15, 0.2) is 46.2 Å². The van der Waals surface area contributed by atoms with E-state index in [0.29, 0.717) is 12.1 Å². The lowest BCUT2D eigenvalue weighted by Gasteiger charge is -2.04. The van der Waals surface area contributed by atoms with E-state index in [0.717, 1.165) is 11.8 Å². The van der Waals surface area contributed by atoms with Gasteiger partial charge >= 0.3 is 11.9 Å². The number of hydrogen-bond acceptors (Lipinski definition) is 6. The van der Waals surface area contributed by atoms with Crippen LogP contribution in [-0.2, 0) is 19.1 Å². The van der Waals surface area contributed by atoms with Crippen LogP contribution in [0, 0.1) is 6.42 Å². The first-order valence-electron chi connectivity index (χ1n) is 6.27. The van der Waals surface area contributed by atoms with Crippen LogP contribution in [0.4, 0.5) is 0 Å². The number of nitrogens with zero attached hydrogens (tertiary/aromatic N) is 2. The van der Waals surface area contributed by atoms with E-state index in [1.807, 2.05) is 6.92 Å². The molecule has 0 N–H and O–H groups in total. The zero-order valence-electron chi connectivity index (χ0n) is 12.0. The predicted molar refractivity (Wildman–Crippen MR) is 79.9 cm³/mol. The first-order chi connectivity index (χ1) is 10.0. The van der Waals surface area contributed by atoms with Crippen molar-refractivity contribution in [3.8, 4) is 0 Å². The van der Waals surface area contributed by atoms with Crippen molar-refractivity contribution in [1.29, 1.82) is 0 Å². The number of methoxy groups -OCH3 is 1. The van der Waals surface area contributed by atoms with Gasteiger partial charge in [0.1, 0.15) is 6.21 Å². The minimum Gasteiger partial charge on any atom is -0.465 e. The molecule has 21 heavy (non-hydrogen) atoms. The van der Waals surface area contributed by atoms with Crippen molar-refractivity contribution in [2.24, 2.45) is 10.2 Å². The summed E-state index contributed by atoms with van der Waals surface area (Å²) >= 11 is 0. The molecule has 0 aromatic rings. The minimum atomic E-state index is -0.625. The lowest BCUT2D eigenvalue weighted by atomic mass is 10.0. The van der Waals surface area contributed by atoms with Crippen molar-refractivity contribution in [2.75, 3.05) is 13.7 Å². The molecule has 1 rings (SSSR count). The molecule has 0 unspecified atom stereocenters. The lowest BCUT2D eigenvalue weighted by molar-refractivity contribution is -0.138. The van der Waals surface area contributed by atoms with Crippen LogP contribution in [0.1, 0.15) is 13.3 Å². The summed E-state index contributed by atoms with van der Waals surface area (Å²) in [5.41, 5.74) is 1.53. The molecule has 0 heterocycles. The van der Waals surface area contributed by atoms with Gasteiger partial charge in [0.25, 0.3) is 0 Å². The van der Waals surface area contributed by atoms with Crippen LogP contribution in [0.2, 0.25) is 0 Å². The lowest BCUT2D eigenvalue weighted by Crippen LogP contribution is -2.17. The largest absolute Gasteiger partial charge is 0.465 e. The van der Waals surface area contributed by atoms with Gasteiger partial charge in [0.15, 0.2) is 5.57 Å². The molecule has 0 amide bonds. The van der Waals surface area contributed by atoms with E-state index in [1.165, 1.54) is 7.11 Å². The van der Waals surface area contributed by atoms with E-state index >= 15 is 0 Å². The van der Waals surface area contributed by atoms with E-state index in [-0.39, 0.29) is 12.2 Å². The second-order valence-corrected chi connectivity index (χ2v) is 4.23. The van der Waals surface area contributed by atoms with Crippen molar-refractivity contribution in [2.45, 2.75) is 13.3 Å². The van der Waals surface area contributed by atoms with Crippen LogP contribution >= 0.6 is 0 Å². The molecular formula is C15H17N2O4+. The number of carbonyl (C=O) groups is 2. The Kier molecular flexibility index (Phi) is 6.67. The van der Waals surface area contributed by atoms with Gasteiger partial charge in [-0.25, -0.2) is 9.59 Å². The molecule has 1 aliphatic rings. The SMILES string of the molecule is C=C(C)CCOC(=O)C1=C[CH+]C=C/C1=N\N=C\C(=O)OC. The maximum Gasteiger partial charge on any atom is 0.398 e. The molecule has 1 aliphatic carbocycles. The summed E-state index contributed by atoms with van der Waals surface area (Å²) in [5, 5.41) is 7.38. The van der Waals surface area contributed by atoms with Gasteiger partial charge in [-0.3, -0.25) is 0 Å². The van der Waals surface area contributed by atoms with Crippen molar-refractivity contribution in [3.63, 3.8) is 0 Å². The predicted octanol–water partition coefficient (Wildman–Crippen LogP) is 1.80. The molecule has 110 valence electrons. The second kappa shape index (κ2) is 8.52. The smallest absolute Gasteiger partial charge is 0.398 e. The first-order valence-corrected chi connectivity index (χ1v) is 6.27. The Morgan fingerprint density at radius 2 is 2.24 bits per heavy atom. The topological polar surface area (TPSA) is 77.3 Å². The number of carbonyl (C=O) groups excluding carboxylic acids is 2. The zero-order chi connectivity index (χ0) is 15.7. The molecular weight excluding hydrogens is 272 g/mol. The van der Waals surface area contributed by atoms with Gasteiger partial charge in [0, 0.05) is 12.8 Å². The molecule has 6 nitrogen and oxygen atoms in total. The van der Waals surface area contributed by atoms with Gasteiger partial charge in [-0.2, -0.15) is 0 Å². The Morgan fingerprint density at radius 1 is 1.48 bits per heavy atom. The third-order valence-electron chi connectivity index (χ3n) is 2.42. The third kappa shape index (κ3) is 5.90. The summed E-state index contributed by atoms with van der Waals surface area (Å²) < 4.78 is 9.52. The average molecular weight is 289 g/mol. The van der Waals surface area contributed by atoms with Crippen molar-refractivity contribution >= 4 is 23.9 Å². The van der Waals surface area contributed by atoms with Crippen LogP contribution < -0.4 is 0 Å². The van der Waals surface area contributed by atoms with Crippen molar-refractivity contribution in [1.82, 2.24) is 0 Å². The third-order valence-corrected chi connectivity index (χ3v) is 2.42. The molecule has 0 aromatic carbocycles. The average Bonchev–Trinajstić information content (AvgIpc) is 2.47. The number of hydrogen-bond donors (Lipinski definition) is 0. The fourth-order valence-electron chi connectivity index (χ4n) is 1.32. The normalized spacial score (nSPS) is 15.5. The van der Waals surface area contributed by atoms with E-state index in [4.69, 9.17) is 4.74 Å². The van der Waals surface area contributed by atoms with Gasteiger partial charge in [0.2, 0.25) is 5.71 Å². The maximum absolute atomic E-state index is 11.9. The van der Waals surface area contributed by atoms with E-state index in [9.17, 15) is 9.59 Å². The second-order valence-electron chi connectivity index (χ2n) is 4.23. The van der Waals surface area contributed by atoms with Gasteiger partial charge in [-0.1, -0.05) is 5.57 Å². The Morgan fingerprint density at radius 3 is 2.90 bits per heavy atom. The first kappa shape index (κ1) is 16.4. The van der Waals surface area contributed by atoms with Gasteiger partial charge in [-0.15, -0.1) is 16.8 Å². The van der Waals surface area contributed by atoms with Crippen LogP contribution in [0.3, 0.4) is 0 Å². The van der Waals surface area contributed by atoms with Crippen molar-refractivity contribution in [3.05, 3.63) is 42.4 Å². The van der Waals surface area contributed by atoms with E-state index in [2.05, 4.69) is 21.5 Å². The summed E-state index contributed by atoms with van der Waals surface area (Å²) in [4.78, 5) is 22.8. The highest BCUT2D eigenvalue weighted by Gasteiger charge is 2.25. The fraction of sp³-hybridized carbons (Fsp3) is 0.267. The number of esters is 2. The van der Waals surface area contributed by atoms with Crippen molar-refractivity contribution < 1.29 is 19.1 Å². The Hall–Kier alpha value is -2.63. The molecule has 0 fully saturated rings. The highest BCUT2D eigenvalue weighted by atomic mass is 16.5. The zero-order valence-corrected chi connectivity index (χ0v) is 12.0. The molecule has 0 saturated carbocycles. The van der Waals surface area contributed by atoms with Gasteiger partial charge < -0.3 is 9.47 Å². The number of ether oxygens (including phenoxy) is 2. The van der Waals surface area contributed by atoms with Crippen LogP contribution in [0.5, 0.6) is 0 Å². The molecule has 0 saturated heterocycles. The monoisotopic (exact) mass is 289 g/mol. The summed E-state index contributed by atoms with van der Waals surface area (Å²) in [6, 6.07) is 0. The van der Waals surface area contributed by atoms with Crippen LogP contribution in [0.25, 0.3) is 0 Å². The molecule has 0 spiro atoms. The Labute approximate surface area is 123 Å². The maximum atomic E-state index is 11.9. The summed E-state index contributed by atoms with van der Waals surface area (Å²) in [6.45, 7) is 5.85. The van der Waals surface area contributed by atoms with E-state index in [1.54, 1.807) is 24.6 Å². The number of rotatable bonds is 6. The summed E-state index contributed by atoms with van der Waals surface area (Å²) in [5.74, 6) is -1.12. The van der Waals surface area contributed by atoms with Gasteiger partial charge in [0.05, 0.1) is 31.9 Å². The summed E-state index contributed by atoms with van der Waals surface area (Å²) in [6.07, 6.45) is 8.10. The standard InChI is InChI=1S/C15H17N2O4/c1-11(2)8-9-21-15(19)12-6-4-5-7-13(12)17-16-10-14(18)20-3/h4-7,10H,1,8-9H2,2-3H3/q+1/b16-10+,17-13+. The van der Waals surface area contributed by atoms with Crippen LogP contribution in [-0.4, -0.2) is 37.6 Å². The molecule has 6 heteroatoms. The Balaban J connectivity index is 2.70. The fourth-order valence-corrected chi connectivity index (χ4v) is 1.32. The quantitative estimate of drug-likeness (QED) is 0.245. The molecule has 0 bridgehead atoms. The number of allylic oxidation sites excluding steroid dienone is 3. The highest BCUT2D eigenvalue weighted by molar-refractivity contribution is 6.26. The molecule has 0 atom stereocenters. The minimum absolute atomic E-state index is 0.258. The highest BCUT2D eigenvalue weighted by Crippen LogP contribution is 2.11. The van der Waals surface area contributed by atoms with E-state index < -0.39 is 11.9 Å². The summed E-state index contributed by atoms with van der Waals surface area (Å²) in [7, 11) is 1.24. The molecule has 0 radical (unpaired) electrons. The Bertz CT molecular complexity index is 542.